The van der Waals surface area contributed by atoms with E-state index in [-0.39, 0.29) is 18.8 Å². The molecular formula is C18H31NO5. The van der Waals surface area contributed by atoms with Crippen LogP contribution < -0.4 is 5.32 Å². The molecule has 24 heavy (non-hydrogen) atoms. The molecule has 138 valence electrons. The number of Topliss-reactive ketones (excluding diaryl/α,β-unsaturated/α-hetero) is 1. The summed E-state index contributed by atoms with van der Waals surface area (Å²) in [6.07, 6.45) is 6.92. The second-order valence-corrected chi connectivity index (χ2v) is 4.46. The molecule has 1 aliphatic carbocycles. The fourth-order valence-electron chi connectivity index (χ4n) is 1.73. The molecule has 1 aliphatic rings. The molecule has 0 aromatic rings. The lowest BCUT2D eigenvalue weighted by Gasteiger charge is -2.15. The molecule has 1 unspecified atom stereocenters. The first kappa shape index (κ1) is 24.1. The van der Waals surface area contributed by atoms with Gasteiger partial charge in [-0.1, -0.05) is 45.9 Å². The van der Waals surface area contributed by atoms with Crippen molar-refractivity contribution in [3.05, 3.63) is 23.8 Å². The normalized spacial score (nSPS) is 13.0. The maximum atomic E-state index is 11.6. The molecule has 6 heteroatoms. The van der Waals surface area contributed by atoms with Crippen LogP contribution in [0.2, 0.25) is 0 Å². The molecule has 1 rings (SSSR count). The Labute approximate surface area is 145 Å². The molecule has 0 spiro atoms. The van der Waals surface area contributed by atoms with Crippen molar-refractivity contribution in [2.24, 2.45) is 0 Å². The van der Waals surface area contributed by atoms with Gasteiger partial charge in [0, 0.05) is 6.42 Å². The highest BCUT2D eigenvalue weighted by molar-refractivity contribution is 5.87. The fourth-order valence-corrected chi connectivity index (χ4v) is 1.73. The Balaban J connectivity index is 0. The van der Waals surface area contributed by atoms with Crippen LogP contribution in [-0.2, 0) is 19.1 Å². The number of ether oxygens (including phenoxy) is 2. The number of hydrogen-bond donors (Lipinski definition) is 1. The van der Waals surface area contributed by atoms with Crippen molar-refractivity contribution in [3.8, 4) is 0 Å². The number of esters is 1. The van der Waals surface area contributed by atoms with E-state index in [1.165, 1.54) is 14.0 Å². The van der Waals surface area contributed by atoms with Crippen LogP contribution in [0.15, 0.2) is 23.8 Å². The summed E-state index contributed by atoms with van der Waals surface area (Å²) in [4.78, 5) is 34.1. The first-order chi connectivity index (χ1) is 11.5. The summed E-state index contributed by atoms with van der Waals surface area (Å²) in [5, 5.41) is 2.33. The second-order valence-electron chi connectivity index (χ2n) is 4.46. The Kier molecular flexibility index (Phi) is 15.9. The minimum absolute atomic E-state index is 0.121. The van der Waals surface area contributed by atoms with Gasteiger partial charge in [-0.3, -0.25) is 4.79 Å². The Morgan fingerprint density at radius 3 is 2.25 bits per heavy atom. The van der Waals surface area contributed by atoms with Gasteiger partial charge in [-0.2, -0.15) is 0 Å². The molecule has 0 radical (unpaired) electrons. The van der Waals surface area contributed by atoms with Crippen molar-refractivity contribution in [1.29, 1.82) is 0 Å². The molecule has 1 atom stereocenters. The molecule has 0 aromatic heterocycles. The van der Waals surface area contributed by atoms with Crippen LogP contribution in [0, 0.1) is 0 Å². The van der Waals surface area contributed by atoms with Gasteiger partial charge in [0.15, 0.2) is 0 Å². The molecule has 0 aromatic carbocycles. The van der Waals surface area contributed by atoms with E-state index in [2.05, 4.69) is 10.1 Å². The van der Waals surface area contributed by atoms with Gasteiger partial charge in [-0.05, 0) is 25.3 Å². The van der Waals surface area contributed by atoms with Crippen LogP contribution in [0.4, 0.5) is 4.79 Å². The largest absolute Gasteiger partial charge is 0.467 e. The number of methoxy groups -OCH3 is 1. The lowest BCUT2D eigenvalue weighted by Crippen LogP contribution is -2.43. The van der Waals surface area contributed by atoms with Gasteiger partial charge in [0.1, 0.15) is 18.4 Å². The van der Waals surface area contributed by atoms with Gasteiger partial charge in [-0.25, -0.2) is 9.59 Å². The summed E-state index contributed by atoms with van der Waals surface area (Å²) < 4.78 is 9.52. The maximum absolute atomic E-state index is 11.6. The molecule has 0 saturated carbocycles. The first-order valence-electron chi connectivity index (χ1n) is 8.39. The van der Waals surface area contributed by atoms with Gasteiger partial charge >= 0.3 is 12.1 Å². The van der Waals surface area contributed by atoms with E-state index < -0.39 is 18.1 Å². The highest BCUT2D eigenvalue weighted by atomic mass is 16.6. The third kappa shape index (κ3) is 11.5. The Bertz CT molecular complexity index is 441. The third-order valence-corrected chi connectivity index (χ3v) is 2.71. The SMILES string of the molecule is CC.CC.COC(=O)C(CC(C)=O)NC(=O)OCC1=CCCC=C1. The summed E-state index contributed by atoms with van der Waals surface area (Å²) in [6, 6.07) is -1.01. The van der Waals surface area contributed by atoms with Gasteiger partial charge in [0.25, 0.3) is 0 Å². The van der Waals surface area contributed by atoms with Gasteiger partial charge in [-0.15, -0.1) is 0 Å². The second kappa shape index (κ2) is 15.8. The van der Waals surface area contributed by atoms with E-state index in [0.717, 1.165) is 18.4 Å². The zero-order valence-electron chi connectivity index (χ0n) is 15.7. The first-order valence-corrected chi connectivity index (χ1v) is 8.39. The lowest BCUT2D eigenvalue weighted by atomic mass is 10.1. The van der Waals surface area contributed by atoms with Crippen LogP contribution in [0.25, 0.3) is 0 Å². The summed E-state index contributed by atoms with van der Waals surface area (Å²) in [7, 11) is 1.19. The van der Waals surface area contributed by atoms with E-state index in [0.29, 0.717) is 0 Å². The highest BCUT2D eigenvalue weighted by Crippen LogP contribution is 2.09. The van der Waals surface area contributed by atoms with E-state index >= 15 is 0 Å². The van der Waals surface area contributed by atoms with E-state index in [9.17, 15) is 14.4 Å². The lowest BCUT2D eigenvalue weighted by molar-refractivity contribution is -0.144. The van der Waals surface area contributed by atoms with Crippen LogP contribution in [0.3, 0.4) is 0 Å². The average Bonchev–Trinajstić information content (AvgIpc) is 2.62. The third-order valence-electron chi connectivity index (χ3n) is 2.71. The number of carbonyl (C=O) groups is 3. The maximum Gasteiger partial charge on any atom is 0.408 e. The Hall–Kier alpha value is -2.11. The highest BCUT2D eigenvalue weighted by Gasteiger charge is 2.23. The smallest absolute Gasteiger partial charge is 0.408 e. The van der Waals surface area contributed by atoms with E-state index in [4.69, 9.17) is 4.74 Å². The number of alkyl carbamates (subject to hydrolysis) is 1. The topological polar surface area (TPSA) is 81.7 Å². The van der Waals surface area contributed by atoms with Crippen molar-refractivity contribution in [1.82, 2.24) is 5.32 Å². The molecule has 6 nitrogen and oxygen atoms in total. The number of hydrogen-bond acceptors (Lipinski definition) is 5. The van der Waals surface area contributed by atoms with Crippen LogP contribution >= 0.6 is 0 Å². The number of ketones is 1. The van der Waals surface area contributed by atoms with E-state index in [1.807, 2.05) is 45.9 Å². The van der Waals surface area contributed by atoms with Crippen LogP contribution in [0.5, 0.6) is 0 Å². The number of allylic oxidation sites excluding steroid dienone is 2. The van der Waals surface area contributed by atoms with Gasteiger partial charge in [0.05, 0.1) is 7.11 Å². The minimum Gasteiger partial charge on any atom is -0.467 e. The van der Waals surface area contributed by atoms with Crippen molar-refractivity contribution < 1.29 is 23.9 Å². The standard InChI is InChI=1S/C14H19NO5.2C2H6/c1-10(16)8-12(13(17)19-2)15-14(18)20-9-11-6-4-3-5-7-11;2*1-2/h4,6-7,12H,3,5,8-9H2,1-2H3,(H,15,18);2*1-2H3. The molecule has 1 amide bonds. The molecule has 0 fully saturated rings. The molecule has 0 bridgehead atoms. The zero-order valence-corrected chi connectivity index (χ0v) is 15.7. The molecular weight excluding hydrogens is 310 g/mol. The van der Waals surface area contributed by atoms with E-state index in [1.54, 1.807) is 0 Å². The van der Waals surface area contributed by atoms with Gasteiger partial charge in [0.2, 0.25) is 0 Å². The molecule has 1 N–H and O–H groups in total. The number of rotatable bonds is 6. The number of amides is 1. The van der Waals surface area contributed by atoms with Crippen LogP contribution in [-0.4, -0.2) is 37.6 Å². The summed E-state index contributed by atoms with van der Waals surface area (Å²) in [6.45, 7) is 9.47. The molecule has 0 heterocycles. The quantitative estimate of drug-likeness (QED) is 0.747. The average molecular weight is 341 g/mol. The number of carbonyl (C=O) groups excluding carboxylic acids is 3. The predicted molar refractivity (Wildman–Crippen MR) is 94.7 cm³/mol. The Morgan fingerprint density at radius 1 is 1.17 bits per heavy atom. The molecule has 0 saturated heterocycles. The minimum atomic E-state index is -1.01. The van der Waals surface area contributed by atoms with Crippen LogP contribution in [0.1, 0.15) is 53.9 Å². The van der Waals surface area contributed by atoms with Gasteiger partial charge < -0.3 is 14.8 Å². The number of nitrogens with one attached hydrogen (secondary N) is 1. The Morgan fingerprint density at radius 2 is 1.79 bits per heavy atom. The van der Waals surface area contributed by atoms with Crippen molar-refractivity contribution in [3.63, 3.8) is 0 Å². The predicted octanol–water partition coefficient (Wildman–Crippen LogP) is 3.56. The van der Waals surface area contributed by atoms with Crippen molar-refractivity contribution in [2.45, 2.75) is 59.9 Å². The molecule has 0 aliphatic heterocycles. The summed E-state index contributed by atoms with van der Waals surface area (Å²) in [5.41, 5.74) is 0.910. The van der Waals surface area contributed by atoms with Crippen molar-refractivity contribution in [2.75, 3.05) is 13.7 Å². The van der Waals surface area contributed by atoms with Crippen molar-refractivity contribution >= 4 is 17.8 Å². The summed E-state index contributed by atoms with van der Waals surface area (Å²) in [5.74, 6) is -0.896. The fraction of sp³-hybridized carbons (Fsp3) is 0.611. The monoisotopic (exact) mass is 341 g/mol. The zero-order chi connectivity index (χ0) is 19.0. The summed E-state index contributed by atoms with van der Waals surface area (Å²) >= 11 is 0.